The molecule has 0 aliphatic carbocycles. The summed E-state index contributed by atoms with van der Waals surface area (Å²) in [5.41, 5.74) is 1.64. The number of nitrogens with zero attached hydrogens (tertiary/aromatic N) is 2. The van der Waals surface area contributed by atoms with Gasteiger partial charge in [0, 0.05) is 29.8 Å². The first kappa shape index (κ1) is 22.7. The van der Waals surface area contributed by atoms with Crippen molar-refractivity contribution in [2.24, 2.45) is 0 Å². The van der Waals surface area contributed by atoms with Crippen molar-refractivity contribution >= 4 is 5.91 Å². The molecule has 0 unspecified atom stereocenters. The molecule has 0 atom stereocenters. The first-order valence-electron chi connectivity index (χ1n) is 9.85. The zero-order chi connectivity index (χ0) is 22.8. The van der Waals surface area contributed by atoms with E-state index in [1.165, 1.54) is 0 Å². The van der Waals surface area contributed by atoms with E-state index < -0.39 is 0 Å². The van der Waals surface area contributed by atoms with Crippen LogP contribution in [0.3, 0.4) is 0 Å². The van der Waals surface area contributed by atoms with Gasteiger partial charge < -0.3 is 29.0 Å². The van der Waals surface area contributed by atoms with Crippen LogP contribution in [-0.4, -0.2) is 57.2 Å². The maximum absolute atomic E-state index is 12.0. The predicted octanol–water partition coefficient (Wildman–Crippen LogP) is 2.74. The van der Waals surface area contributed by atoms with E-state index in [4.69, 9.17) is 23.7 Å². The third-order valence-electron chi connectivity index (χ3n) is 4.39. The van der Waals surface area contributed by atoms with E-state index in [0.29, 0.717) is 29.7 Å². The van der Waals surface area contributed by atoms with Gasteiger partial charge in [0.2, 0.25) is 5.88 Å². The summed E-state index contributed by atoms with van der Waals surface area (Å²) in [4.78, 5) is 12.0. The molecule has 0 aliphatic rings. The molecule has 0 fully saturated rings. The van der Waals surface area contributed by atoms with Crippen LogP contribution >= 0.6 is 0 Å². The molecule has 1 amide bonds. The second-order valence-electron chi connectivity index (χ2n) is 6.52. The number of ether oxygens (including phenoxy) is 5. The Labute approximate surface area is 186 Å². The number of benzene rings is 2. The first-order chi connectivity index (χ1) is 15.6. The number of methoxy groups -OCH3 is 3. The van der Waals surface area contributed by atoms with Gasteiger partial charge in [-0.15, -0.1) is 10.2 Å². The number of rotatable bonds is 11. The molecule has 3 rings (SSSR count). The Balaban J connectivity index is 1.39. The third kappa shape index (κ3) is 6.49. The second kappa shape index (κ2) is 11.4. The summed E-state index contributed by atoms with van der Waals surface area (Å²) < 4.78 is 26.5. The zero-order valence-corrected chi connectivity index (χ0v) is 18.2. The molecule has 1 N–H and O–H groups in total. The maximum atomic E-state index is 12.0. The van der Waals surface area contributed by atoms with Crippen LogP contribution < -0.4 is 29.0 Å². The van der Waals surface area contributed by atoms with E-state index in [-0.39, 0.29) is 19.1 Å². The summed E-state index contributed by atoms with van der Waals surface area (Å²) in [5.74, 6) is 2.49. The molecule has 0 bridgehead atoms. The minimum atomic E-state index is -0.281. The van der Waals surface area contributed by atoms with E-state index in [9.17, 15) is 4.79 Å². The van der Waals surface area contributed by atoms with Gasteiger partial charge in [0.25, 0.3) is 5.91 Å². The van der Waals surface area contributed by atoms with Crippen molar-refractivity contribution in [3.05, 3.63) is 54.6 Å². The van der Waals surface area contributed by atoms with E-state index in [0.717, 1.165) is 17.0 Å². The number of carbonyl (C=O) groups is 1. The topological polar surface area (TPSA) is 101 Å². The van der Waals surface area contributed by atoms with Crippen molar-refractivity contribution < 1.29 is 28.5 Å². The summed E-state index contributed by atoms with van der Waals surface area (Å²) in [6, 6.07) is 16.1. The smallest absolute Gasteiger partial charge is 0.258 e. The fraction of sp³-hybridized carbons (Fsp3) is 0.261. The molecular formula is C23H25N3O6. The molecule has 0 saturated heterocycles. The Morgan fingerprint density at radius 3 is 2.03 bits per heavy atom. The van der Waals surface area contributed by atoms with Crippen LogP contribution in [0.15, 0.2) is 54.6 Å². The summed E-state index contributed by atoms with van der Waals surface area (Å²) in [5, 5.41) is 10.9. The Kier molecular flexibility index (Phi) is 8.08. The molecule has 168 valence electrons. The summed E-state index contributed by atoms with van der Waals surface area (Å²) in [7, 11) is 4.71. The molecular weight excluding hydrogens is 414 g/mol. The fourth-order valence-corrected chi connectivity index (χ4v) is 2.72. The van der Waals surface area contributed by atoms with Gasteiger partial charge in [0.15, 0.2) is 6.61 Å². The van der Waals surface area contributed by atoms with Gasteiger partial charge in [0.1, 0.15) is 29.6 Å². The van der Waals surface area contributed by atoms with Crippen molar-refractivity contribution in [3.63, 3.8) is 0 Å². The molecule has 0 spiro atoms. The van der Waals surface area contributed by atoms with Gasteiger partial charge in [-0.2, -0.15) is 0 Å². The van der Waals surface area contributed by atoms with Crippen LogP contribution in [0.1, 0.15) is 0 Å². The van der Waals surface area contributed by atoms with Crippen LogP contribution in [0.2, 0.25) is 0 Å². The van der Waals surface area contributed by atoms with Gasteiger partial charge in [-0.1, -0.05) is 0 Å². The lowest BCUT2D eigenvalue weighted by Gasteiger charge is -2.11. The Morgan fingerprint density at radius 2 is 1.44 bits per heavy atom. The molecule has 0 saturated carbocycles. The van der Waals surface area contributed by atoms with Gasteiger partial charge in [0.05, 0.1) is 33.6 Å². The van der Waals surface area contributed by atoms with Crippen LogP contribution in [0.25, 0.3) is 11.3 Å². The molecule has 9 nitrogen and oxygen atoms in total. The van der Waals surface area contributed by atoms with E-state index in [1.807, 2.05) is 30.3 Å². The predicted molar refractivity (Wildman–Crippen MR) is 118 cm³/mol. The van der Waals surface area contributed by atoms with Crippen LogP contribution in [0, 0.1) is 0 Å². The highest BCUT2D eigenvalue weighted by atomic mass is 16.5. The highest BCUT2D eigenvalue weighted by Gasteiger charge is 2.07. The van der Waals surface area contributed by atoms with Gasteiger partial charge >= 0.3 is 0 Å². The van der Waals surface area contributed by atoms with E-state index in [1.54, 1.807) is 45.6 Å². The Bertz CT molecular complexity index is 987. The average Bonchev–Trinajstić information content (AvgIpc) is 2.85. The largest absolute Gasteiger partial charge is 0.497 e. The van der Waals surface area contributed by atoms with Crippen molar-refractivity contribution in [3.8, 4) is 40.1 Å². The Hall–Kier alpha value is -4.01. The number of hydrogen-bond acceptors (Lipinski definition) is 8. The third-order valence-corrected chi connectivity index (χ3v) is 4.39. The van der Waals surface area contributed by atoms with E-state index in [2.05, 4.69) is 15.5 Å². The first-order valence-corrected chi connectivity index (χ1v) is 9.85. The van der Waals surface area contributed by atoms with Crippen LogP contribution in [0.4, 0.5) is 0 Å². The lowest BCUT2D eigenvalue weighted by Crippen LogP contribution is -2.32. The molecule has 32 heavy (non-hydrogen) atoms. The van der Waals surface area contributed by atoms with Crippen LogP contribution in [0.5, 0.6) is 28.9 Å². The van der Waals surface area contributed by atoms with Crippen molar-refractivity contribution in [1.82, 2.24) is 15.5 Å². The van der Waals surface area contributed by atoms with Crippen molar-refractivity contribution in [2.75, 3.05) is 41.1 Å². The standard InChI is InChI=1S/C23H25N3O6/c1-28-17-6-4-16(5-7-17)21-8-9-23(26-25-21)31-11-10-24-22(27)15-32-20-13-18(29-2)12-19(14-20)30-3/h4-9,12-14H,10-11,15H2,1-3H3,(H,24,27). The highest BCUT2D eigenvalue weighted by molar-refractivity contribution is 5.77. The molecule has 9 heteroatoms. The van der Waals surface area contributed by atoms with Crippen molar-refractivity contribution in [1.29, 1.82) is 0 Å². The van der Waals surface area contributed by atoms with Gasteiger partial charge in [-0.25, -0.2) is 0 Å². The number of amides is 1. The Morgan fingerprint density at radius 1 is 0.781 bits per heavy atom. The highest BCUT2D eigenvalue weighted by Crippen LogP contribution is 2.27. The molecule has 0 radical (unpaired) electrons. The monoisotopic (exact) mass is 439 g/mol. The molecule has 3 aromatic rings. The number of nitrogens with one attached hydrogen (secondary N) is 1. The molecule has 2 aromatic carbocycles. The summed E-state index contributed by atoms with van der Waals surface area (Å²) in [6.07, 6.45) is 0. The summed E-state index contributed by atoms with van der Waals surface area (Å²) in [6.45, 7) is 0.396. The molecule has 0 aliphatic heterocycles. The maximum Gasteiger partial charge on any atom is 0.258 e. The molecule has 1 aromatic heterocycles. The fourth-order valence-electron chi connectivity index (χ4n) is 2.72. The molecule has 1 heterocycles. The lowest BCUT2D eigenvalue weighted by molar-refractivity contribution is -0.123. The zero-order valence-electron chi connectivity index (χ0n) is 18.2. The minimum Gasteiger partial charge on any atom is -0.497 e. The number of hydrogen-bond donors (Lipinski definition) is 1. The number of aromatic nitrogens is 2. The van der Waals surface area contributed by atoms with Crippen molar-refractivity contribution in [2.45, 2.75) is 0 Å². The second-order valence-corrected chi connectivity index (χ2v) is 6.52. The van der Waals surface area contributed by atoms with E-state index >= 15 is 0 Å². The minimum absolute atomic E-state index is 0.146. The SMILES string of the molecule is COc1ccc(-c2ccc(OCCNC(=O)COc3cc(OC)cc(OC)c3)nn2)cc1. The van der Waals surface area contributed by atoms with Gasteiger partial charge in [-0.3, -0.25) is 4.79 Å². The lowest BCUT2D eigenvalue weighted by atomic mass is 10.1. The normalized spacial score (nSPS) is 10.2. The number of carbonyl (C=O) groups excluding carboxylic acids is 1. The van der Waals surface area contributed by atoms with Crippen LogP contribution in [-0.2, 0) is 4.79 Å². The average molecular weight is 439 g/mol. The van der Waals surface area contributed by atoms with Gasteiger partial charge in [-0.05, 0) is 30.3 Å². The quantitative estimate of drug-likeness (QED) is 0.455. The summed E-state index contributed by atoms with van der Waals surface area (Å²) >= 11 is 0.